The summed E-state index contributed by atoms with van der Waals surface area (Å²) in [6.45, 7) is 1.81. The maximum Gasteiger partial charge on any atom is 0.223 e. The summed E-state index contributed by atoms with van der Waals surface area (Å²) in [4.78, 5) is 12.1. The minimum atomic E-state index is -0.363. The summed E-state index contributed by atoms with van der Waals surface area (Å²) in [7, 11) is 1.52. The van der Waals surface area contributed by atoms with Crippen LogP contribution in [0.25, 0.3) is 0 Å². The highest BCUT2D eigenvalue weighted by molar-refractivity contribution is 5.80. The van der Waals surface area contributed by atoms with E-state index in [1.54, 1.807) is 6.07 Å². The maximum absolute atomic E-state index is 13.3. The van der Waals surface area contributed by atoms with E-state index in [9.17, 15) is 9.18 Å². The number of hydrogen-bond acceptors (Lipinski definition) is 4. The summed E-state index contributed by atoms with van der Waals surface area (Å²) in [5.74, 6) is 0.626. The quantitative estimate of drug-likeness (QED) is 0.865. The van der Waals surface area contributed by atoms with Crippen LogP contribution >= 0.6 is 0 Å². The first kappa shape index (κ1) is 15.1. The second-order valence-electron chi connectivity index (χ2n) is 5.90. The number of ether oxygens (including phenoxy) is 2. The van der Waals surface area contributed by atoms with E-state index >= 15 is 0 Å². The zero-order valence-corrected chi connectivity index (χ0v) is 12.6. The van der Waals surface area contributed by atoms with Crippen LogP contribution in [-0.4, -0.2) is 38.3 Å². The van der Waals surface area contributed by atoms with Crippen LogP contribution in [0.1, 0.15) is 19.3 Å². The third kappa shape index (κ3) is 3.32. The molecular weight excluding hydrogens is 287 g/mol. The lowest BCUT2D eigenvalue weighted by Crippen LogP contribution is -2.47. The Balaban J connectivity index is 1.49. The van der Waals surface area contributed by atoms with Gasteiger partial charge in [0.15, 0.2) is 11.5 Å². The number of methoxy groups -OCH3 is 1. The van der Waals surface area contributed by atoms with E-state index in [0.29, 0.717) is 24.3 Å². The van der Waals surface area contributed by atoms with Crippen LogP contribution < -0.4 is 20.1 Å². The highest BCUT2D eigenvalue weighted by atomic mass is 19.1. The molecule has 22 heavy (non-hydrogen) atoms. The van der Waals surface area contributed by atoms with Gasteiger partial charge in [0.25, 0.3) is 0 Å². The molecule has 0 bridgehead atoms. The number of rotatable bonds is 5. The second kappa shape index (κ2) is 6.52. The van der Waals surface area contributed by atoms with Gasteiger partial charge in [0.1, 0.15) is 11.9 Å². The molecule has 2 aliphatic rings. The first-order valence-corrected chi connectivity index (χ1v) is 7.67. The minimum Gasteiger partial charge on any atom is -0.493 e. The van der Waals surface area contributed by atoms with E-state index in [-0.39, 0.29) is 29.8 Å². The Morgan fingerprint density at radius 2 is 2.18 bits per heavy atom. The number of amides is 1. The third-order valence-corrected chi connectivity index (χ3v) is 4.29. The molecule has 1 aliphatic carbocycles. The normalized spacial score (nSPS) is 27.1. The molecule has 3 rings (SSSR count). The summed E-state index contributed by atoms with van der Waals surface area (Å²) < 4.78 is 24.2. The van der Waals surface area contributed by atoms with Gasteiger partial charge in [-0.05, 0) is 37.9 Å². The van der Waals surface area contributed by atoms with Gasteiger partial charge in [0.2, 0.25) is 5.91 Å². The molecule has 1 aromatic carbocycles. The van der Waals surface area contributed by atoms with Crippen LogP contribution in [0.4, 0.5) is 4.39 Å². The van der Waals surface area contributed by atoms with Crippen molar-refractivity contribution in [2.45, 2.75) is 31.4 Å². The average molecular weight is 308 g/mol. The fraction of sp³-hybridized carbons (Fsp3) is 0.562. The van der Waals surface area contributed by atoms with Gasteiger partial charge in [0, 0.05) is 24.6 Å². The van der Waals surface area contributed by atoms with Gasteiger partial charge in [-0.1, -0.05) is 0 Å². The molecule has 1 amide bonds. The molecule has 2 fully saturated rings. The number of halogens is 1. The van der Waals surface area contributed by atoms with Crippen molar-refractivity contribution >= 4 is 5.91 Å². The van der Waals surface area contributed by atoms with Crippen molar-refractivity contribution < 1.29 is 18.7 Å². The molecular formula is C16H21FN2O3. The zero-order chi connectivity index (χ0) is 15.5. The lowest BCUT2D eigenvalue weighted by Gasteiger charge is -2.35. The standard InChI is InChI=1S/C16H21FN2O3/c1-21-14-3-2-11(17)8-15(14)22-13-6-10(7-13)16(20)19-12-4-5-18-9-12/h2-3,8,10,12-13,18H,4-7,9H2,1H3,(H,19,20). The summed E-state index contributed by atoms with van der Waals surface area (Å²) in [5, 5.41) is 6.28. The summed E-state index contributed by atoms with van der Waals surface area (Å²) in [5.41, 5.74) is 0. The lowest BCUT2D eigenvalue weighted by molar-refractivity contribution is -0.131. The molecule has 0 spiro atoms. The average Bonchev–Trinajstić information content (AvgIpc) is 2.95. The van der Waals surface area contributed by atoms with Gasteiger partial charge < -0.3 is 20.1 Å². The molecule has 1 heterocycles. The third-order valence-electron chi connectivity index (χ3n) is 4.29. The van der Waals surface area contributed by atoms with Crippen LogP contribution in [0.15, 0.2) is 18.2 Å². The molecule has 1 unspecified atom stereocenters. The lowest BCUT2D eigenvalue weighted by atomic mass is 9.81. The van der Waals surface area contributed by atoms with Gasteiger partial charge >= 0.3 is 0 Å². The van der Waals surface area contributed by atoms with Crippen molar-refractivity contribution in [1.82, 2.24) is 10.6 Å². The largest absolute Gasteiger partial charge is 0.493 e. The van der Waals surface area contributed by atoms with Crippen LogP contribution in [-0.2, 0) is 4.79 Å². The molecule has 1 atom stereocenters. The number of carbonyl (C=O) groups is 1. The Bertz CT molecular complexity index is 540. The van der Waals surface area contributed by atoms with Crippen molar-refractivity contribution in [3.05, 3.63) is 24.0 Å². The molecule has 1 aliphatic heterocycles. The van der Waals surface area contributed by atoms with E-state index in [1.807, 2.05) is 0 Å². The van der Waals surface area contributed by atoms with Crippen molar-refractivity contribution in [2.24, 2.45) is 5.92 Å². The molecule has 6 heteroatoms. The molecule has 0 aromatic heterocycles. The maximum atomic E-state index is 13.3. The number of benzene rings is 1. The Hall–Kier alpha value is -1.82. The van der Waals surface area contributed by atoms with Gasteiger partial charge in [-0.25, -0.2) is 4.39 Å². The number of nitrogens with one attached hydrogen (secondary N) is 2. The molecule has 5 nitrogen and oxygen atoms in total. The SMILES string of the molecule is COc1ccc(F)cc1OC1CC(C(=O)NC2CCNC2)C1. The molecule has 120 valence electrons. The Morgan fingerprint density at radius 3 is 2.86 bits per heavy atom. The molecule has 0 radical (unpaired) electrons. The fourth-order valence-electron chi connectivity index (χ4n) is 2.90. The van der Waals surface area contributed by atoms with Gasteiger partial charge in [-0.15, -0.1) is 0 Å². The monoisotopic (exact) mass is 308 g/mol. The van der Waals surface area contributed by atoms with Gasteiger partial charge in [0.05, 0.1) is 7.11 Å². The van der Waals surface area contributed by atoms with Crippen molar-refractivity contribution in [2.75, 3.05) is 20.2 Å². The van der Waals surface area contributed by atoms with Crippen molar-refractivity contribution in [1.29, 1.82) is 0 Å². The smallest absolute Gasteiger partial charge is 0.223 e. The second-order valence-corrected chi connectivity index (χ2v) is 5.90. The van der Waals surface area contributed by atoms with E-state index in [1.165, 1.54) is 19.2 Å². The molecule has 1 aromatic rings. The van der Waals surface area contributed by atoms with E-state index in [4.69, 9.17) is 9.47 Å². The van der Waals surface area contributed by atoms with Gasteiger partial charge in [-0.3, -0.25) is 4.79 Å². The molecule has 1 saturated heterocycles. The summed E-state index contributed by atoms with van der Waals surface area (Å²) >= 11 is 0. The topological polar surface area (TPSA) is 59.6 Å². The predicted octanol–water partition coefficient (Wildman–Crippen LogP) is 1.47. The first-order valence-electron chi connectivity index (χ1n) is 7.67. The highest BCUT2D eigenvalue weighted by Crippen LogP contribution is 2.35. The number of carbonyl (C=O) groups excluding carboxylic acids is 1. The predicted molar refractivity (Wildman–Crippen MR) is 79.5 cm³/mol. The number of hydrogen-bond donors (Lipinski definition) is 2. The first-order chi connectivity index (χ1) is 10.7. The molecule has 1 saturated carbocycles. The zero-order valence-electron chi connectivity index (χ0n) is 12.6. The van der Waals surface area contributed by atoms with Crippen LogP contribution in [0.3, 0.4) is 0 Å². The molecule has 2 N–H and O–H groups in total. The van der Waals surface area contributed by atoms with E-state index < -0.39 is 0 Å². The van der Waals surface area contributed by atoms with E-state index in [2.05, 4.69) is 10.6 Å². The summed E-state index contributed by atoms with van der Waals surface area (Å²) in [6.07, 6.45) is 2.24. The van der Waals surface area contributed by atoms with Gasteiger partial charge in [-0.2, -0.15) is 0 Å². The van der Waals surface area contributed by atoms with Crippen LogP contribution in [0.2, 0.25) is 0 Å². The Morgan fingerprint density at radius 1 is 1.36 bits per heavy atom. The van der Waals surface area contributed by atoms with Crippen molar-refractivity contribution in [3.8, 4) is 11.5 Å². The fourth-order valence-corrected chi connectivity index (χ4v) is 2.90. The Labute approximate surface area is 129 Å². The Kier molecular flexibility index (Phi) is 4.47. The summed E-state index contributed by atoms with van der Waals surface area (Å²) in [6, 6.07) is 4.44. The van der Waals surface area contributed by atoms with Crippen LogP contribution in [0.5, 0.6) is 11.5 Å². The van der Waals surface area contributed by atoms with E-state index in [0.717, 1.165) is 19.5 Å². The van der Waals surface area contributed by atoms with Crippen molar-refractivity contribution in [3.63, 3.8) is 0 Å². The highest BCUT2D eigenvalue weighted by Gasteiger charge is 2.37. The minimum absolute atomic E-state index is 0.00912. The van der Waals surface area contributed by atoms with Crippen LogP contribution in [0, 0.1) is 11.7 Å².